The second-order valence-electron chi connectivity index (χ2n) is 8.12. The van der Waals surface area contributed by atoms with E-state index in [0.29, 0.717) is 25.1 Å². The fourth-order valence-electron chi connectivity index (χ4n) is 3.52. The highest BCUT2D eigenvalue weighted by atomic mass is 16.5. The molecule has 0 unspecified atom stereocenters. The Bertz CT molecular complexity index is 851. The number of benzene rings is 2. The molecule has 168 valence electrons. The minimum absolute atomic E-state index is 0.0686. The number of rotatable bonds is 11. The van der Waals surface area contributed by atoms with Crippen LogP contribution in [-0.2, 0) is 16.0 Å². The van der Waals surface area contributed by atoms with Gasteiger partial charge in [-0.1, -0.05) is 61.9 Å². The molecule has 0 fully saturated rings. The van der Waals surface area contributed by atoms with Crippen LogP contribution in [0, 0.1) is 13.8 Å². The third-order valence-corrected chi connectivity index (χ3v) is 5.55. The van der Waals surface area contributed by atoms with Gasteiger partial charge in [0.05, 0.1) is 0 Å². The van der Waals surface area contributed by atoms with Crippen LogP contribution in [0.25, 0.3) is 0 Å². The molecule has 0 aliphatic heterocycles. The standard InChI is InChI=1S/C26H36N2O3/c1-6-21(5)27-26(30)23(7-2)28(16-15-22-11-9-8-10-12-22)25(29)18-31-24-14-13-19(3)17-20(24)4/h8-14,17,21,23H,6-7,15-16,18H2,1-5H3,(H,27,30)/t21-,23+/m1/s1. The van der Waals surface area contributed by atoms with E-state index in [9.17, 15) is 9.59 Å². The Hall–Kier alpha value is -2.82. The normalized spacial score (nSPS) is 12.7. The summed E-state index contributed by atoms with van der Waals surface area (Å²) in [5, 5.41) is 3.03. The zero-order valence-corrected chi connectivity index (χ0v) is 19.5. The van der Waals surface area contributed by atoms with Crippen LogP contribution in [0.15, 0.2) is 48.5 Å². The van der Waals surface area contributed by atoms with Crippen molar-refractivity contribution in [3.05, 3.63) is 65.2 Å². The van der Waals surface area contributed by atoms with Crippen LogP contribution in [0.2, 0.25) is 0 Å². The maximum absolute atomic E-state index is 13.2. The van der Waals surface area contributed by atoms with Gasteiger partial charge in [0.1, 0.15) is 11.8 Å². The number of carbonyl (C=O) groups is 2. The van der Waals surface area contributed by atoms with Crippen LogP contribution in [0.5, 0.6) is 5.75 Å². The summed E-state index contributed by atoms with van der Waals surface area (Å²) >= 11 is 0. The molecule has 0 saturated heterocycles. The second kappa shape index (κ2) is 12.1. The zero-order valence-electron chi connectivity index (χ0n) is 19.5. The third-order valence-electron chi connectivity index (χ3n) is 5.55. The van der Waals surface area contributed by atoms with E-state index < -0.39 is 6.04 Å². The van der Waals surface area contributed by atoms with Crippen molar-refractivity contribution >= 4 is 11.8 Å². The maximum atomic E-state index is 13.2. The largest absolute Gasteiger partial charge is 0.483 e. The molecule has 0 radical (unpaired) electrons. The Balaban J connectivity index is 2.15. The lowest BCUT2D eigenvalue weighted by Gasteiger charge is -2.31. The smallest absolute Gasteiger partial charge is 0.261 e. The summed E-state index contributed by atoms with van der Waals surface area (Å²) in [5.74, 6) is 0.408. The van der Waals surface area contributed by atoms with Gasteiger partial charge in [0.15, 0.2) is 6.61 Å². The highest BCUT2D eigenvalue weighted by Crippen LogP contribution is 2.19. The Morgan fingerprint density at radius 2 is 1.74 bits per heavy atom. The quantitative estimate of drug-likeness (QED) is 0.580. The molecule has 5 heteroatoms. The van der Waals surface area contributed by atoms with Gasteiger partial charge >= 0.3 is 0 Å². The second-order valence-corrected chi connectivity index (χ2v) is 8.12. The molecule has 5 nitrogen and oxygen atoms in total. The summed E-state index contributed by atoms with van der Waals surface area (Å²) in [4.78, 5) is 27.8. The molecule has 2 aromatic carbocycles. The molecule has 2 atom stereocenters. The van der Waals surface area contributed by atoms with Crippen LogP contribution in [0.4, 0.5) is 0 Å². The summed E-state index contributed by atoms with van der Waals surface area (Å²) in [7, 11) is 0. The summed E-state index contributed by atoms with van der Waals surface area (Å²) in [6, 6.07) is 15.4. The van der Waals surface area contributed by atoms with Crippen molar-refractivity contribution in [3.63, 3.8) is 0 Å². The van der Waals surface area contributed by atoms with Gasteiger partial charge in [-0.25, -0.2) is 0 Å². The minimum atomic E-state index is -0.520. The lowest BCUT2D eigenvalue weighted by atomic mass is 10.1. The van der Waals surface area contributed by atoms with Crippen molar-refractivity contribution in [1.82, 2.24) is 10.2 Å². The molecule has 0 saturated carbocycles. The fourth-order valence-corrected chi connectivity index (χ4v) is 3.52. The van der Waals surface area contributed by atoms with Crippen LogP contribution in [0.3, 0.4) is 0 Å². The Morgan fingerprint density at radius 3 is 2.35 bits per heavy atom. The monoisotopic (exact) mass is 424 g/mol. The predicted octanol–water partition coefficient (Wildman–Crippen LogP) is 4.45. The van der Waals surface area contributed by atoms with E-state index in [1.54, 1.807) is 4.90 Å². The molecule has 2 aromatic rings. The van der Waals surface area contributed by atoms with Crippen LogP contribution >= 0.6 is 0 Å². The van der Waals surface area contributed by atoms with E-state index in [1.807, 2.05) is 83.1 Å². The molecule has 0 aliphatic carbocycles. The van der Waals surface area contributed by atoms with Crippen molar-refractivity contribution in [2.24, 2.45) is 0 Å². The van der Waals surface area contributed by atoms with Gasteiger partial charge in [0.25, 0.3) is 5.91 Å². The average Bonchev–Trinajstić information content (AvgIpc) is 2.76. The Labute approximate surface area is 186 Å². The van der Waals surface area contributed by atoms with Crippen LogP contribution < -0.4 is 10.1 Å². The molecule has 0 heterocycles. The number of nitrogens with one attached hydrogen (secondary N) is 1. The SMILES string of the molecule is CC[C@@H](C)NC(=O)[C@H](CC)N(CCc1ccccc1)C(=O)COc1ccc(C)cc1C. The molecular formula is C26H36N2O3. The van der Waals surface area contributed by atoms with Crippen LogP contribution in [-0.4, -0.2) is 41.9 Å². The number of ether oxygens (including phenoxy) is 1. The molecule has 0 aromatic heterocycles. The van der Waals surface area contributed by atoms with Crippen molar-refractivity contribution < 1.29 is 14.3 Å². The lowest BCUT2D eigenvalue weighted by Crippen LogP contribution is -2.52. The first-order chi connectivity index (χ1) is 14.8. The summed E-state index contributed by atoms with van der Waals surface area (Å²) in [6.07, 6.45) is 2.07. The fraction of sp³-hybridized carbons (Fsp3) is 0.462. The lowest BCUT2D eigenvalue weighted by molar-refractivity contribution is -0.142. The molecule has 0 spiro atoms. The molecule has 31 heavy (non-hydrogen) atoms. The molecule has 0 bridgehead atoms. The van der Waals surface area contributed by atoms with Gasteiger partial charge in [-0.2, -0.15) is 0 Å². The first-order valence-electron chi connectivity index (χ1n) is 11.2. The van der Waals surface area contributed by atoms with Gasteiger partial charge in [-0.15, -0.1) is 0 Å². The summed E-state index contributed by atoms with van der Waals surface area (Å²) < 4.78 is 5.84. The summed E-state index contributed by atoms with van der Waals surface area (Å²) in [6.45, 7) is 10.3. The van der Waals surface area contributed by atoms with Crippen LogP contribution in [0.1, 0.15) is 50.3 Å². The minimum Gasteiger partial charge on any atom is -0.483 e. The molecular weight excluding hydrogens is 388 g/mol. The average molecular weight is 425 g/mol. The van der Waals surface area contributed by atoms with Gasteiger partial charge < -0.3 is 15.0 Å². The molecule has 2 amide bonds. The zero-order chi connectivity index (χ0) is 22.8. The van der Waals surface area contributed by atoms with Crippen molar-refractivity contribution in [1.29, 1.82) is 0 Å². The van der Waals surface area contributed by atoms with E-state index in [0.717, 1.165) is 23.1 Å². The van der Waals surface area contributed by atoms with Crippen molar-refractivity contribution in [2.75, 3.05) is 13.2 Å². The Kier molecular flexibility index (Phi) is 9.57. The van der Waals surface area contributed by atoms with E-state index in [2.05, 4.69) is 5.32 Å². The van der Waals surface area contributed by atoms with Crippen molar-refractivity contribution in [3.8, 4) is 5.75 Å². The van der Waals surface area contributed by atoms with Gasteiger partial charge in [-0.3, -0.25) is 9.59 Å². The molecule has 2 rings (SSSR count). The van der Waals surface area contributed by atoms with Gasteiger partial charge in [0.2, 0.25) is 5.91 Å². The number of nitrogens with zero attached hydrogens (tertiary/aromatic N) is 1. The number of carbonyl (C=O) groups excluding carboxylic acids is 2. The third kappa shape index (κ3) is 7.42. The topological polar surface area (TPSA) is 58.6 Å². The first kappa shape index (κ1) is 24.4. The maximum Gasteiger partial charge on any atom is 0.261 e. The number of hydrogen-bond acceptors (Lipinski definition) is 3. The van der Waals surface area contributed by atoms with Gasteiger partial charge in [-0.05, 0) is 57.2 Å². The van der Waals surface area contributed by atoms with E-state index in [4.69, 9.17) is 4.74 Å². The summed E-state index contributed by atoms with van der Waals surface area (Å²) in [5.41, 5.74) is 3.27. The Morgan fingerprint density at radius 1 is 1.03 bits per heavy atom. The van der Waals surface area contributed by atoms with E-state index in [-0.39, 0.29) is 24.5 Å². The number of amides is 2. The first-order valence-corrected chi connectivity index (χ1v) is 11.2. The highest BCUT2D eigenvalue weighted by molar-refractivity contribution is 5.88. The van der Waals surface area contributed by atoms with E-state index >= 15 is 0 Å². The highest BCUT2D eigenvalue weighted by Gasteiger charge is 2.29. The predicted molar refractivity (Wildman–Crippen MR) is 125 cm³/mol. The van der Waals surface area contributed by atoms with Gasteiger partial charge in [0, 0.05) is 12.6 Å². The molecule has 0 aliphatic rings. The van der Waals surface area contributed by atoms with Crippen molar-refractivity contribution in [2.45, 2.75) is 66.0 Å². The molecule has 1 N–H and O–H groups in total. The number of hydrogen-bond donors (Lipinski definition) is 1. The number of aryl methyl sites for hydroxylation is 2. The van der Waals surface area contributed by atoms with E-state index in [1.165, 1.54) is 0 Å².